The van der Waals surface area contributed by atoms with Crippen LogP contribution in [0.1, 0.15) is 50.1 Å². The van der Waals surface area contributed by atoms with Gasteiger partial charge in [0.25, 0.3) is 0 Å². The van der Waals surface area contributed by atoms with E-state index in [4.69, 9.17) is 5.41 Å². The van der Waals surface area contributed by atoms with Gasteiger partial charge < -0.3 is 0 Å². The molecule has 22 heavy (non-hydrogen) atoms. The van der Waals surface area contributed by atoms with Crippen LogP contribution in [0.3, 0.4) is 0 Å². The maximum Gasteiger partial charge on any atom is 0.238 e. The van der Waals surface area contributed by atoms with Crippen molar-refractivity contribution in [3.63, 3.8) is 0 Å². The molecule has 1 aliphatic carbocycles. The Bertz CT molecular complexity index is 613. The SMILES string of the molecule is Cl.N=c1n(CCCc2ccccc2)nnn1C1CCCCC1. The summed E-state index contributed by atoms with van der Waals surface area (Å²) in [6.07, 6.45) is 8.09. The zero-order chi connectivity index (χ0) is 14.5. The molecule has 0 aliphatic heterocycles. The molecule has 0 amide bonds. The van der Waals surface area contributed by atoms with Crippen molar-refractivity contribution in [2.75, 3.05) is 0 Å². The first kappa shape index (κ1) is 16.7. The van der Waals surface area contributed by atoms with Crippen molar-refractivity contribution >= 4 is 12.4 Å². The molecule has 0 bridgehead atoms. The minimum absolute atomic E-state index is 0. The highest BCUT2D eigenvalue weighted by atomic mass is 35.5. The molecule has 3 rings (SSSR count). The van der Waals surface area contributed by atoms with Gasteiger partial charge in [-0.15, -0.1) is 12.4 Å². The van der Waals surface area contributed by atoms with Gasteiger partial charge in [0.1, 0.15) is 0 Å². The molecule has 0 saturated heterocycles. The average molecular weight is 322 g/mol. The Morgan fingerprint density at radius 1 is 1.05 bits per heavy atom. The summed E-state index contributed by atoms with van der Waals surface area (Å²) in [5.41, 5.74) is 1.79. The van der Waals surface area contributed by atoms with Gasteiger partial charge in [-0.25, -0.2) is 9.36 Å². The smallest absolute Gasteiger partial charge is 0.238 e. The summed E-state index contributed by atoms with van der Waals surface area (Å²) in [6, 6.07) is 10.8. The molecule has 1 heterocycles. The molecule has 1 N–H and O–H groups in total. The zero-order valence-electron chi connectivity index (χ0n) is 12.8. The fourth-order valence-electron chi connectivity index (χ4n) is 3.09. The highest BCUT2D eigenvalue weighted by molar-refractivity contribution is 5.85. The second-order valence-electron chi connectivity index (χ2n) is 5.85. The Kier molecular flexibility index (Phi) is 6.19. The second-order valence-corrected chi connectivity index (χ2v) is 5.85. The first-order valence-electron chi connectivity index (χ1n) is 7.95. The van der Waals surface area contributed by atoms with E-state index >= 15 is 0 Å². The van der Waals surface area contributed by atoms with Crippen molar-refractivity contribution in [3.8, 4) is 0 Å². The number of aromatic nitrogens is 4. The number of hydrogen-bond donors (Lipinski definition) is 1. The summed E-state index contributed by atoms with van der Waals surface area (Å²) < 4.78 is 3.55. The summed E-state index contributed by atoms with van der Waals surface area (Å²) in [5.74, 6) is 0. The minimum Gasteiger partial charge on any atom is -0.266 e. The van der Waals surface area contributed by atoms with Crippen LogP contribution in [0.25, 0.3) is 0 Å². The lowest BCUT2D eigenvalue weighted by atomic mass is 9.96. The lowest BCUT2D eigenvalue weighted by Crippen LogP contribution is -2.30. The van der Waals surface area contributed by atoms with Crippen LogP contribution in [0.4, 0.5) is 0 Å². The normalized spacial score (nSPS) is 15.5. The summed E-state index contributed by atoms with van der Waals surface area (Å²) in [7, 11) is 0. The predicted molar refractivity (Wildman–Crippen MR) is 88.0 cm³/mol. The van der Waals surface area contributed by atoms with Crippen molar-refractivity contribution < 1.29 is 0 Å². The number of nitrogens with one attached hydrogen (secondary N) is 1. The van der Waals surface area contributed by atoms with Crippen LogP contribution in [-0.4, -0.2) is 19.8 Å². The highest BCUT2D eigenvalue weighted by Gasteiger charge is 2.18. The van der Waals surface area contributed by atoms with Gasteiger partial charge in [0.15, 0.2) is 0 Å². The fraction of sp³-hybridized carbons (Fsp3) is 0.562. The quantitative estimate of drug-likeness (QED) is 0.919. The molecule has 0 unspecified atom stereocenters. The van der Waals surface area contributed by atoms with E-state index in [1.54, 1.807) is 4.68 Å². The van der Waals surface area contributed by atoms with Crippen molar-refractivity contribution in [1.82, 2.24) is 19.8 Å². The molecule has 1 aromatic carbocycles. The maximum atomic E-state index is 8.25. The van der Waals surface area contributed by atoms with E-state index in [1.165, 1.54) is 24.8 Å². The predicted octanol–water partition coefficient (Wildman–Crippen LogP) is 3.12. The van der Waals surface area contributed by atoms with E-state index in [9.17, 15) is 0 Å². The van der Waals surface area contributed by atoms with Crippen LogP contribution in [0.5, 0.6) is 0 Å². The molecule has 5 nitrogen and oxygen atoms in total. The number of nitrogens with zero attached hydrogens (tertiary/aromatic N) is 4. The van der Waals surface area contributed by atoms with Crippen molar-refractivity contribution in [2.45, 2.75) is 57.5 Å². The van der Waals surface area contributed by atoms with Crippen LogP contribution in [0, 0.1) is 5.41 Å². The molecular formula is C16H24ClN5. The van der Waals surface area contributed by atoms with Gasteiger partial charge in [-0.1, -0.05) is 49.6 Å². The van der Waals surface area contributed by atoms with E-state index < -0.39 is 0 Å². The molecule has 1 fully saturated rings. The van der Waals surface area contributed by atoms with E-state index in [0.717, 1.165) is 32.2 Å². The highest BCUT2D eigenvalue weighted by Crippen LogP contribution is 2.25. The van der Waals surface area contributed by atoms with Crippen LogP contribution in [-0.2, 0) is 13.0 Å². The van der Waals surface area contributed by atoms with Gasteiger partial charge in [-0.05, 0) is 41.7 Å². The van der Waals surface area contributed by atoms with E-state index in [2.05, 4.69) is 34.7 Å². The Hall–Kier alpha value is -1.62. The van der Waals surface area contributed by atoms with Gasteiger partial charge in [-0.2, -0.15) is 0 Å². The average Bonchev–Trinajstić information content (AvgIpc) is 2.90. The standard InChI is InChI=1S/C16H23N5.ClH/c17-16-20(13-7-10-14-8-3-1-4-9-14)18-19-21(16)15-11-5-2-6-12-15;/h1,3-4,8-9,15,17H,2,5-7,10-13H2;1H. The van der Waals surface area contributed by atoms with Crippen LogP contribution >= 0.6 is 12.4 Å². The molecule has 120 valence electrons. The minimum atomic E-state index is 0. The van der Waals surface area contributed by atoms with Gasteiger partial charge in [0, 0.05) is 6.54 Å². The topological polar surface area (TPSA) is 59.5 Å². The van der Waals surface area contributed by atoms with Gasteiger partial charge in [-0.3, -0.25) is 5.41 Å². The number of aryl methyl sites for hydroxylation is 2. The van der Waals surface area contributed by atoms with Crippen molar-refractivity contribution in [3.05, 3.63) is 41.5 Å². The molecule has 0 radical (unpaired) electrons. The third kappa shape index (κ3) is 3.97. The Morgan fingerprint density at radius 3 is 2.50 bits per heavy atom. The zero-order valence-corrected chi connectivity index (χ0v) is 13.6. The Morgan fingerprint density at radius 2 is 1.77 bits per heavy atom. The molecule has 1 aliphatic rings. The molecule has 6 heteroatoms. The molecule has 0 spiro atoms. The second kappa shape index (κ2) is 8.13. The van der Waals surface area contributed by atoms with Gasteiger partial charge in [0.2, 0.25) is 5.62 Å². The van der Waals surface area contributed by atoms with Crippen molar-refractivity contribution in [1.29, 1.82) is 5.41 Å². The Labute approximate surface area is 137 Å². The largest absolute Gasteiger partial charge is 0.266 e. The number of hydrogen-bond acceptors (Lipinski definition) is 3. The lowest BCUT2D eigenvalue weighted by Gasteiger charge is -2.20. The van der Waals surface area contributed by atoms with E-state index in [0.29, 0.717) is 11.7 Å². The molecule has 0 atom stereocenters. The van der Waals surface area contributed by atoms with Gasteiger partial charge in [0.05, 0.1) is 6.04 Å². The number of rotatable bonds is 5. The molecule has 1 aromatic heterocycles. The Balaban J connectivity index is 0.00000176. The van der Waals surface area contributed by atoms with Crippen LogP contribution in [0.2, 0.25) is 0 Å². The maximum absolute atomic E-state index is 8.25. The number of benzene rings is 1. The van der Waals surface area contributed by atoms with E-state index in [-0.39, 0.29) is 12.4 Å². The lowest BCUT2D eigenvalue weighted by molar-refractivity contribution is 0.313. The fourth-order valence-corrected chi connectivity index (χ4v) is 3.09. The third-order valence-electron chi connectivity index (χ3n) is 4.30. The van der Waals surface area contributed by atoms with Crippen LogP contribution < -0.4 is 5.62 Å². The summed E-state index contributed by atoms with van der Waals surface area (Å²) in [6.45, 7) is 0.764. The number of halogens is 1. The monoisotopic (exact) mass is 321 g/mol. The first-order chi connectivity index (χ1) is 10.3. The van der Waals surface area contributed by atoms with Gasteiger partial charge >= 0.3 is 0 Å². The van der Waals surface area contributed by atoms with Crippen molar-refractivity contribution in [2.24, 2.45) is 0 Å². The molecule has 2 aromatic rings. The third-order valence-corrected chi connectivity index (χ3v) is 4.30. The molecule has 1 saturated carbocycles. The summed E-state index contributed by atoms with van der Waals surface area (Å²) >= 11 is 0. The summed E-state index contributed by atoms with van der Waals surface area (Å²) in [4.78, 5) is 0. The summed E-state index contributed by atoms with van der Waals surface area (Å²) in [5, 5.41) is 16.6. The molecular weight excluding hydrogens is 298 g/mol. The first-order valence-corrected chi connectivity index (χ1v) is 7.95. The van der Waals surface area contributed by atoms with Crippen LogP contribution in [0.15, 0.2) is 30.3 Å². The number of tetrazole rings is 1. The van der Waals surface area contributed by atoms with E-state index in [1.807, 2.05) is 10.7 Å².